The predicted octanol–water partition coefficient (Wildman–Crippen LogP) is 5.38. The van der Waals surface area contributed by atoms with Crippen molar-refractivity contribution in [3.63, 3.8) is 0 Å². The summed E-state index contributed by atoms with van der Waals surface area (Å²) in [6, 6.07) is 17.2. The first kappa shape index (κ1) is 19.0. The van der Waals surface area contributed by atoms with E-state index in [0.29, 0.717) is 29.9 Å². The average Bonchev–Trinajstić information content (AvgIpc) is 2.72. The summed E-state index contributed by atoms with van der Waals surface area (Å²) in [4.78, 5) is 28.6. The molecule has 0 saturated heterocycles. The van der Waals surface area contributed by atoms with Crippen molar-refractivity contribution in [2.75, 3.05) is 16.3 Å². The molecule has 29 heavy (non-hydrogen) atoms. The SMILES string of the molecule is CCC1CN(C(=O)c2ccc3ccccc3c2)c2cc(C)c(C)cc2N1C(=O)O. The number of anilines is 2. The van der Waals surface area contributed by atoms with E-state index in [1.54, 1.807) is 4.90 Å². The fourth-order valence-corrected chi connectivity index (χ4v) is 4.02. The Balaban J connectivity index is 1.83. The minimum absolute atomic E-state index is 0.108. The van der Waals surface area contributed by atoms with E-state index in [2.05, 4.69) is 0 Å². The average molecular weight is 388 g/mol. The van der Waals surface area contributed by atoms with E-state index >= 15 is 0 Å². The minimum Gasteiger partial charge on any atom is -0.465 e. The Morgan fingerprint density at radius 2 is 1.62 bits per heavy atom. The smallest absolute Gasteiger partial charge is 0.412 e. The number of carboxylic acid groups (broad SMARTS) is 1. The van der Waals surface area contributed by atoms with Gasteiger partial charge in [0, 0.05) is 12.1 Å². The summed E-state index contributed by atoms with van der Waals surface area (Å²) in [7, 11) is 0. The van der Waals surface area contributed by atoms with Gasteiger partial charge in [0.15, 0.2) is 0 Å². The molecule has 1 aliphatic heterocycles. The maximum Gasteiger partial charge on any atom is 0.412 e. The molecule has 0 fully saturated rings. The van der Waals surface area contributed by atoms with Crippen LogP contribution in [0.3, 0.4) is 0 Å². The van der Waals surface area contributed by atoms with Crippen LogP contribution in [0.5, 0.6) is 0 Å². The van der Waals surface area contributed by atoms with Crippen LogP contribution >= 0.6 is 0 Å². The van der Waals surface area contributed by atoms with Crippen LogP contribution in [0.1, 0.15) is 34.8 Å². The van der Waals surface area contributed by atoms with E-state index in [4.69, 9.17) is 0 Å². The van der Waals surface area contributed by atoms with Gasteiger partial charge in [-0.25, -0.2) is 4.79 Å². The molecule has 0 aliphatic carbocycles. The fourth-order valence-electron chi connectivity index (χ4n) is 4.02. The summed E-state index contributed by atoms with van der Waals surface area (Å²) >= 11 is 0. The van der Waals surface area contributed by atoms with Crippen molar-refractivity contribution < 1.29 is 14.7 Å². The van der Waals surface area contributed by atoms with Gasteiger partial charge in [-0.3, -0.25) is 9.69 Å². The number of hydrogen-bond acceptors (Lipinski definition) is 2. The maximum absolute atomic E-state index is 13.5. The van der Waals surface area contributed by atoms with Crippen molar-refractivity contribution in [3.8, 4) is 0 Å². The van der Waals surface area contributed by atoms with Gasteiger partial charge in [0.05, 0.1) is 17.4 Å². The third kappa shape index (κ3) is 3.23. The number of hydrogen-bond donors (Lipinski definition) is 1. The normalized spacial score (nSPS) is 16.0. The zero-order chi connectivity index (χ0) is 20.7. The van der Waals surface area contributed by atoms with Gasteiger partial charge in [0.2, 0.25) is 0 Å². The van der Waals surface area contributed by atoms with E-state index in [9.17, 15) is 14.7 Å². The van der Waals surface area contributed by atoms with Crippen LogP contribution in [-0.4, -0.2) is 29.7 Å². The molecule has 4 rings (SSSR count). The molecule has 0 bridgehead atoms. The molecule has 5 nitrogen and oxygen atoms in total. The molecule has 1 heterocycles. The lowest BCUT2D eigenvalue weighted by Crippen LogP contribution is -2.52. The monoisotopic (exact) mass is 388 g/mol. The fraction of sp³-hybridized carbons (Fsp3) is 0.250. The Labute approximate surface area is 170 Å². The molecule has 0 saturated carbocycles. The lowest BCUT2D eigenvalue weighted by atomic mass is 9.99. The topological polar surface area (TPSA) is 60.9 Å². The Bertz CT molecular complexity index is 1120. The third-order valence-electron chi connectivity index (χ3n) is 5.82. The van der Waals surface area contributed by atoms with E-state index in [-0.39, 0.29) is 11.9 Å². The van der Waals surface area contributed by atoms with Crippen molar-refractivity contribution in [3.05, 3.63) is 71.3 Å². The second kappa shape index (κ2) is 7.24. The van der Waals surface area contributed by atoms with Crippen molar-refractivity contribution in [1.82, 2.24) is 0 Å². The number of nitrogens with zero attached hydrogens (tertiary/aromatic N) is 2. The number of aryl methyl sites for hydroxylation is 2. The Morgan fingerprint density at radius 3 is 2.28 bits per heavy atom. The minimum atomic E-state index is -0.987. The summed E-state index contributed by atoms with van der Waals surface area (Å²) in [6.45, 7) is 6.22. The zero-order valence-corrected chi connectivity index (χ0v) is 16.8. The lowest BCUT2D eigenvalue weighted by Gasteiger charge is -2.41. The van der Waals surface area contributed by atoms with Crippen molar-refractivity contribution in [1.29, 1.82) is 0 Å². The zero-order valence-electron chi connectivity index (χ0n) is 16.8. The number of benzene rings is 3. The van der Waals surface area contributed by atoms with Crippen molar-refractivity contribution in [2.45, 2.75) is 33.2 Å². The van der Waals surface area contributed by atoms with E-state index < -0.39 is 6.09 Å². The van der Waals surface area contributed by atoms with E-state index in [0.717, 1.165) is 21.9 Å². The molecule has 1 atom stereocenters. The molecule has 148 valence electrons. The summed E-state index contributed by atoms with van der Waals surface area (Å²) in [6.07, 6.45) is -0.362. The van der Waals surface area contributed by atoms with Crippen LogP contribution < -0.4 is 9.80 Å². The highest BCUT2D eigenvalue weighted by Crippen LogP contribution is 2.39. The van der Waals surface area contributed by atoms with Gasteiger partial charge in [0.1, 0.15) is 0 Å². The first-order valence-corrected chi connectivity index (χ1v) is 9.84. The lowest BCUT2D eigenvalue weighted by molar-refractivity contribution is 0.0982. The second-order valence-electron chi connectivity index (χ2n) is 7.62. The molecule has 3 aromatic rings. The Morgan fingerprint density at radius 1 is 0.966 bits per heavy atom. The van der Waals surface area contributed by atoms with Gasteiger partial charge in [0.25, 0.3) is 5.91 Å². The molecular weight excluding hydrogens is 364 g/mol. The van der Waals surface area contributed by atoms with Gasteiger partial charge in [-0.1, -0.05) is 37.3 Å². The summed E-state index contributed by atoms with van der Waals surface area (Å²) in [5.74, 6) is -0.108. The summed E-state index contributed by atoms with van der Waals surface area (Å²) < 4.78 is 0. The van der Waals surface area contributed by atoms with Crippen LogP contribution in [0.2, 0.25) is 0 Å². The van der Waals surface area contributed by atoms with E-state index in [1.807, 2.05) is 75.4 Å². The van der Waals surface area contributed by atoms with Crippen LogP contribution in [0.4, 0.5) is 16.2 Å². The Kier molecular flexibility index (Phi) is 4.74. The first-order valence-electron chi connectivity index (χ1n) is 9.84. The number of rotatable bonds is 2. The third-order valence-corrected chi connectivity index (χ3v) is 5.82. The largest absolute Gasteiger partial charge is 0.465 e. The van der Waals surface area contributed by atoms with Crippen molar-refractivity contribution in [2.24, 2.45) is 0 Å². The van der Waals surface area contributed by atoms with Gasteiger partial charge < -0.3 is 10.0 Å². The predicted molar refractivity (Wildman–Crippen MR) is 116 cm³/mol. The highest BCUT2D eigenvalue weighted by atomic mass is 16.4. The van der Waals surface area contributed by atoms with Gasteiger partial charge in [-0.05, 0) is 66.4 Å². The van der Waals surface area contributed by atoms with Crippen LogP contribution in [0.15, 0.2) is 54.6 Å². The number of carbonyl (C=O) groups is 2. The summed E-state index contributed by atoms with van der Waals surface area (Å²) in [5, 5.41) is 11.9. The first-order chi connectivity index (χ1) is 13.9. The van der Waals surface area contributed by atoms with Gasteiger partial charge in [-0.2, -0.15) is 0 Å². The molecule has 5 heteroatoms. The highest BCUT2D eigenvalue weighted by Gasteiger charge is 2.37. The van der Waals surface area contributed by atoms with Gasteiger partial charge in [-0.15, -0.1) is 0 Å². The number of fused-ring (bicyclic) bond motifs is 2. The molecule has 2 amide bonds. The molecule has 1 aliphatic rings. The maximum atomic E-state index is 13.5. The van der Waals surface area contributed by atoms with Crippen LogP contribution in [0.25, 0.3) is 10.8 Å². The van der Waals surface area contributed by atoms with Crippen LogP contribution in [0, 0.1) is 13.8 Å². The molecule has 1 N–H and O–H groups in total. The highest BCUT2D eigenvalue weighted by molar-refractivity contribution is 6.11. The standard InChI is InChI=1S/C24H24N2O3/c1-4-20-14-25(21-11-15(2)16(3)12-22(21)26(20)24(28)29)23(27)19-10-9-17-7-5-6-8-18(17)13-19/h5-13,20H,4,14H2,1-3H3,(H,28,29). The molecule has 3 aromatic carbocycles. The second-order valence-corrected chi connectivity index (χ2v) is 7.62. The Hall–Kier alpha value is -3.34. The molecule has 0 aromatic heterocycles. The van der Waals surface area contributed by atoms with Crippen LogP contribution in [-0.2, 0) is 0 Å². The quantitative estimate of drug-likeness (QED) is 0.641. The van der Waals surface area contributed by atoms with Crippen molar-refractivity contribution >= 4 is 34.1 Å². The summed E-state index contributed by atoms with van der Waals surface area (Å²) in [5.41, 5.74) is 3.86. The number of carbonyl (C=O) groups excluding carboxylic acids is 1. The molecule has 1 unspecified atom stereocenters. The van der Waals surface area contributed by atoms with Gasteiger partial charge >= 0.3 is 6.09 Å². The number of amides is 2. The molecule has 0 spiro atoms. The van der Waals surface area contributed by atoms with E-state index in [1.165, 1.54) is 4.90 Å². The molecule has 0 radical (unpaired) electrons. The molecular formula is C24H24N2O3.